The van der Waals surface area contributed by atoms with Crippen LogP contribution in [0.5, 0.6) is 0 Å². The van der Waals surface area contributed by atoms with Crippen LogP contribution in [0.25, 0.3) is 11.0 Å². The second kappa shape index (κ2) is 7.74. The number of carbonyl (C=O) groups is 2. The van der Waals surface area contributed by atoms with Gasteiger partial charge in [-0.3, -0.25) is 9.59 Å². The fraction of sp³-hybridized carbons (Fsp3) is 0.318. The zero-order valence-corrected chi connectivity index (χ0v) is 16.0. The van der Waals surface area contributed by atoms with Crippen molar-refractivity contribution in [2.75, 3.05) is 6.54 Å². The summed E-state index contributed by atoms with van der Waals surface area (Å²) in [7, 11) is 0. The molecule has 1 N–H and O–H groups in total. The van der Waals surface area contributed by atoms with Crippen LogP contribution in [0.1, 0.15) is 43.1 Å². The molecule has 0 spiro atoms. The van der Waals surface area contributed by atoms with Crippen molar-refractivity contribution in [1.82, 2.24) is 14.9 Å². The monoisotopic (exact) mass is 363 g/mol. The molecule has 5 nitrogen and oxygen atoms in total. The standard InChI is InChI=1S/C22H25N3O2/c1-22(2,3)17-11-9-16(10-12-17)20(26)21(27)23-13-6-14-25-15-24-18-7-4-5-8-19(18)25/h4-5,7-12,15H,6,13-14H2,1-3H3,(H,23,27). The second-order valence-corrected chi connectivity index (χ2v) is 7.69. The minimum Gasteiger partial charge on any atom is -0.349 e. The zero-order valence-electron chi connectivity index (χ0n) is 16.0. The minimum atomic E-state index is -0.561. The summed E-state index contributed by atoms with van der Waals surface area (Å²) in [6, 6.07) is 15.2. The van der Waals surface area contributed by atoms with Crippen molar-refractivity contribution in [1.29, 1.82) is 0 Å². The number of para-hydroxylation sites is 2. The van der Waals surface area contributed by atoms with E-state index in [1.54, 1.807) is 18.5 Å². The highest BCUT2D eigenvalue weighted by atomic mass is 16.2. The molecule has 5 heteroatoms. The fourth-order valence-corrected chi connectivity index (χ4v) is 2.97. The number of ketones is 1. The Balaban J connectivity index is 1.51. The van der Waals surface area contributed by atoms with Gasteiger partial charge in [-0.2, -0.15) is 0 Å². The molecule has 0 bridgehead atoms. The SMILES string of the molecule is CC(C)(C)c1ccc(C(=O)C(=O)NCCCn2cnc3ccccc32)cc1. The summed E-state index contributed by atoms with van der Waals surface area (Å²) in [5, 5.41) is 2.71. The van der Waals surface area contributed by atoms with Gasteiger partial charge in [0.1, 0.15) is 0 Å². The van der Waals surface area contributed by atoms with Gasteiger partial charge in [-0.15, -0.1) is 0 Å². The smallest absolute Gasteiger partial charge is 0.292 e. The number of aromatic nitrogens is 2. The third-order valence-electron chi connectivity index (χ3n) is 4.61. The van der Waals surface area contributed by atoms with E-state index in [0.717, 1.165) is 29.6 Å². The van der Waals surface area contributed by atoms with Gasteiger partial charge in [0, 0.05) is 18.7 Å². The van der Waals surface area contributed by atoms with Gasteiger partial charge in [-0.1, -0.05) is 57.2 Å². The summed E-state index contributed by atoms with van der Waals surface area (Å²) in [6.07, 6.45) is 2.52. The number of nitrogens with zero attached hydrogens (tertiary/aromatic N) is 2. The van der Waals surface area contributed by atoms with E-state index in [1.165, 1.54) is 0 Å². The molecule has 0 fully saturated rings. The maximum absolute atomic E-state index is 12.3. The van der Waals surface area contributed by atoms with Crippen LogP contribution in [-0.2, 0) is 16.8 Å². The molecule has 0 unspecified atom stereocenters. The lowest BCUT2D eigenvalue weighted by Crippen LogP contribution is -2.32. The highest BCUT2D eigenvalue weighted by Gasteiger charge is 2.18. The lowest BCUT2D eigenvalue weighted by molar-refractivity contribution is -0.117. The molecule has 0 saturated carbocycles. The first-order chi connectivity index (χ1) is 12.9. The number of nitrogens with one attached hydrogen (secondary N) is 1. The maximum Gasteiger partial charge on any atom is 0.292 e. The number of benzene rings is 2. The Morgan fingerprint density at radius 2 is 1.74 bits per heavy atom. The Kier molecular flexibility index (Phi) is 5.40. The molecule has 2 aromatic carbocycles. The van der Waals surface area contributed by atoms with Gasteiger partial charge in [0.2, 0.25) is 5.78 Å². The first-order valence-corrected chi connectivity index (χ1v) is 9.19. The van der Waals surface area contributed by atoms with Gasteiger partial charge >= 0.3 is 0 Å². The molecule has 27 heavy (non-hydrogen) atoms. The molecule has 0 atom stereocenters. The molecule has 3 rings (SSSR count). The number of rotatable bonds is 6. The largest absolute Gasteiger partial charge is 0.349 e. The molecule has 0 aliphatic carbocycles. The number of hydrogen-bond acceptors (Lipinski definition) is 3. The molecule has 0 aliphatic heterocycles. The first kappa shape index (κ1) is 18.8. The van der Waals surface area contributed by atoms with Crippen LogP contribution in [0.15, 0.2) is 54.9 Å². The van der Waals surface area contributed by atoms with E-state index < -0.39 is 11.7 Å². The van der Waals surface area contributed by atoms with Crippen LogP contribution in [0, 0.1) is 0 Å². The summed E-state index contributed by atoms with van der Waals surface area (Å²) >= 11 is 0. The van der Waals surface area contributed by atoms with Crippen molar-refractivity contribution >= 4 is 22.7 Å². The van der Waals surface area contributed by atoms with Crippen LogP contribution in [0.2, 0.25) is 0 Å². The van der Waals surface area contributed by atoms with Crippen molar-refractivity contribution in [3.63, 3.8) is 0 Å². The van der Waals surface area contributed by atoms with Crippen LogP contribution in [0.4, 0.5) is 0 Å². The van der Waals surface area contributed by atoms with Gasteiger partial charge in [0.25, 0.3) is 5.91 Å². The third-order valence-corrected chi connectivity index (χ3v) is 4.61. The molecule has 1 aromatic heterocycles. The van der Waals surface area contributed by atoms with Crippen LogP contribution >= 0.6 is 0 Å². The quantitative estimate of drug-likeness (QED) is 0.412. The highest BCUT2D eigenvalue weighted by Crippen LogP contribution is 2.22. The number of aryl methyl sites for hydroxylation is 1. The second-order valence-electron chi connectivity index (χ2n) is 7.69. The number of hydrogen-bond donors (Lipinski definition) is 1. The lowest BCUT2D eigenvalue weighted by atomic mass is 9.86. The predicted molar refractivity (Wildman–Crippen MR) is 107 cm³/mol. The molecule has 1 amide bonds. The van der Waals surface area contributed by atoms with E-state index in [4.69, 9.17) is 0 Å². The minimum absolute atomic E-state index is 0.0152. The van der Waals surface area contributed by atoms with Crippen molar-refractivity contribution < 1.29 is 9.59 Å². The Morgan fingerprint density at radius 1 is 1.04 bits per heavy atom. The first-order valence-electron chi connectivity index (χ1n) is 9.19. The molecule has 3 aromatic rings. The van der Waals surface area contributed by atoms with Crippen LogP contribution < -0.4 is 5.32 Å². The Labute approximate surface area is 159 Å². The van der Waals surface area contributed by atoms with E-state index in [9.17, 15) is 9.59 Å². The third kappa shape index (κ3) is 4.42. The molecule has 0 radical (unpaired) electrons. The van der Waals surface area contributed by atoms with E-state index in [2.05, 4.69) is 35.6 Å². The summed E-state index contributed by atoms with van der Waals surface area (Å²) in [5.41, 5.74) is 3.59. The van der Waals surface area contributed by atoms with Gasteiger partial charge in [0.15, 0.2) is 0 Å². The summed E-state index contributed by atoms with van der Waals surface area (Å²) < 4.78 is 2.05. The van der Waals surface area contributed by atoms with Crippen LogP contribution in [-0.4, -0.2) is 27.8 Å². The predicted octanol–water partition coefficient (Wildman–Crippen LogP) is 3.72. The molecular weight excluding hydrogens is 338 g/mol. The van der Waals surface area contributed by atoms with Gasteiger partial charge < -0.3 is 9.88 Å². The van der Waals surface area contributed by atoms with E-state index in [0.29, 0.717) is 12.1 Å². The Bertz CT molecular complexity index is 950. The molecule has 0 aliphatic rings. The number of imidazole rings is 1. The van der Waals surface area contributed by atoms with Crippen molar-refractivity contribution in [2.24, 2.45) is 0 Å². The average molecular weight is 363 g/mol. The molecular formula is C22H25N3O2. The van der Waals surface area contributed by atoms with E-state index >= 15 is 0 Å². The van der Waals surface area contributed by atoms with Crippen LogP contribution in [0.3, 0.4) is 0 Å². The van der Waals surface area contributed by atoms with Gasteiger partial charge in [-0.05, 0) is 29.5 Å². The maximum atomic E-state index is 12.3. The Morgan fingerprint density at radius 3 is 2.44 bits per heavy atom. The van der Waals surface area contributed by atoms with Gasteiger partial charge in [-0.25, -0.2) is 4.98 Å². The lowest BCUT2D eigenvalue weighted by Gasteiger charge is -2.18. The van der Waals surface area contributed by atoms with E-state index in [-0.39, 0.29) is 5.41 Å². The topological polar surface area (TPSA) is 64.0 Å². The Hall–Kier alpha value is -2.95. The fourth-order valence-electron chi connectivity index (χ4n) is 2.97. The number of amides is 1. The highest BCUT2D eigenvalue weighted by molar-refractivity contribution is 6.42. The zero-order chi connectivity index (χ0) is 19.4. The van der Waals surface area contributed by atoms with Crippen molar-refractivity contribution in [3.8, 4) is 0 Å². The molecule has 0 saturated heterocycles. The summed E-state index contributed by atoms with van der Waals surface area (Å²) in [5.74, 6) is -1.06. The number of Topliss-reactive ketones (excluding diaryl/α,β-unsaturated/α-hetero) is 1. The summed E-state index contributed by atoms with van der Waals surface area (Å²) in [4.78, 5) is 28.7. The molecule has 140 valence electrons. The average Bonchev–Trinajstić information content (AvgIpc) is 3.07. The molecule has 1 heterocycles. The normalized spacial score (nSPS) is 11.5. The van der Waals surface area contributed by atoms with Crippen molar-refractivity contribution in [2.45, 2.75) is 39.2 Å². The summed E-state index contributed by atoms with van der Waals surface area (Å²) in [6.45, 7) is 7.51. The van der Waals surface area contributed by atoms with Crippen molar-refractivity contribution in [3.05, 3.63) is 66.0 Å². The van der Waals surface area contributed by atoms with E-state index in [1.807, 2.05) is 36.4 Å². The number of carbonyl (C=O) groups excluding carboxylic acids is 2. The van der Waals surface area contributed by atoms with Gasteiger partial charge in [0.05, 0.1) is 17.4 Å². The number of fused-ring (bicyclic) bond motifs is 1.